The van der Waals surface area contributed by atoms with Crippen LogP contribution in [0.25, 0.3) is 0 Å². The molecule has 0 bridgehead atoms. The van der Waals surface area contributed by atoms with Crippen molar-refractivity contribution < 1.29 is 15.0 Å². The van der Waals surface area contributed by atoms with Gasteiger partial charge in [-0.1, -0.05) is 12.1 Å². The summed E-state index contributed by atoms with van der Waals surface area (Å²) in [5, 5.41) is 19.3. The summed E-state index contributed by atoms with van der Waals surface area (Å²) in [7, 11) is 2.16. The van der Waals surface area contributed by atoms with E-state index in [1.807, 2.05) is 4.90 Å². The number of piperazine rings is 1. The van der Waals surface area contributed by atoms with Crippen LogP contribution < -0.4 is 0 Å². The number of phenols is 1. The van der Waals surface area contributed by atoms with Crippen molar-refractivity contribution in [2.75, 3.05) is 52.9 Å². The van der Waals surface area contributed by atoms with Crippen molar-refractivity contribution in [3.63, 3.8) is 0 Å². The number of carbonyl (C=O) groups excluding carboxylic acids is 1. The Labute approximate surface area is 156 Å². The third-order valence-corrected chi connectivity index (χ3v) is 5.86. The zero-order valence-corrected chi connectivity index (χ0v) is 15.7. The lowest BCUT2D eigenvalue weighted by Crippen LogP contribution is -2.56. The Morgan fingerprint density at radius 3 is 2.58 bits per heavy atom. The molecule has 1 amide bonds. The number of aliphatic hydroxyl groups is 1. The van der Waals surface area contributed by atoms with E-state index >= 15 is 0 Å². The molecular weight excluding hydrogens is 330 g/mol. The number of likely N-dealkylation sites (tertiary alicyclic amines) is 1. The zero-order chi connectivity index (χ0) is 18.5. The number of rotatable bonds is 5. The maximum absolute atomic E-state index is 12.9. The Bertz CT molecular complexity index is 602. The third-order valence-electron chi connectivity index (χ3n) is 5.86. The van der Waals surface area contributed by atoms with Gasteiger partial charge in [0.2, 0.25) is 0 Å². The average molecular weight is 361 g/mol. The van der Waals surface area contributed by atoms with E-state index in [9.17, 15) is 15.0 Å². The first-order valence-corrected chi connectivity index (χ1v) is 9.71. The van der Waals surface area contributed by atoms with E-state index in [0.717, 1.165) is 52.0 Å². The van der Waals surface area contributed by atoms with Crippen LogP contribution in [-0.4, -0.2) is 89.8 Å². The van der Waals surface area contributed by atoms with E-state index in [-0.39, 0.29) is 18.3 Å². The maximum atomic E-state index is 12.9. The topological polar surface area (TPSA) is 67.2 Å². The summed E-state index contributed by atoms with van der Waals surface area (Å²) in [6, 6.07) is 7.24. The van der Waals surface area contributed by atoms with Crippen molar-refractivity contribution in [2.45, 2.75) is 25.3 Å². The molecule has 1 aromatic carbocycles. The molecule has 2 N–H and O–H groups in total. The van der Waals surface area contributed by atoms with Crippen LogP contribution >= 0.6 is 0 Å². The number of phenolic OH excluding ortho intramolecular Hbond substituents is 1. The van der Waals surface area contributed by atoms with Crippen molar-refractivity contribution in [2.24, 2.45) is 5.92 Å². The highest BCUT2D eigenvalue weighted by Gasteiger charge is 2.36. The molecule has 2 atom stereocenters. The molecule has 0 saturated carbocycles. The van der Waals surface area contributed by atoms with E-state index in [1.54, 1.807) is 24.3 Å². The van der Waals surface area contributed by atoms with Gasteiger partial charge in [0.25, 0.3) is 5.91 Å². The summed E-state index contributed by atoms with van der Waals surface area (Å²) in [6.07, 6.45) is 2.66. The molecule has 26 heavy (non-hydrogen) atoms. The smallest absolute Gasteiger partial charge is 0.257 e. The van der Waals surface area contributed by atoms with Crippen LogP contribution in [0.5, 0.6) is 5.75 Å². The second-order valence-electron chi connectivity index (χ2n) is 7.59. The average Bonchev–Trinajstić information content (AvgIpc) is 2.67. The van der Waals surface area contributed by atoms with Gasteiger partial charge in [-0.05, 0) is 44.4 Å². The van der Waals surface area contributed by atoms with Crippen LogP contribution in [0, 0.1) is 5.92 Å². The molecule has 0 spiro atoms. The van der Waals surface area contributed by atoms with Crippen molar-refractivity contribution in [1.82, 2.24) is 14.7 Å². The third kappa shape index (κ3) is 4.37. The first kappa shape index (κ1) is 19.1. The standard InChI is InChI=1S/C20H31N3O3/c1-21-10-12-22(13-11-21)18-8-9-23(15-16(18)5-4-14-24)20(26)17-6-2-3-7-19(17)25/h2-3,6-7,16,18,24-25H,4-5,8-15H2,1H3/t16-,18+/m1/s1. The normalized spacial score (nSPS) is 25.4. The monoisotopic (exact) mass is 361 g/mol. The number of piperidine rings is 1. The minimum atomic E-state index is -0.0890. The van der Waals surface area contributed by atoms with Crippen molar-refractivity contribution in [1.29, 1.82) is 0 Å². The highest BCUT2D eigenvalue weighted by atomic mass is 16.3. The number of hydrogen-bond acceptors (Lipinski definition) is 5. The number of aliphatic hydroxyl groups excluding tert-OH is 1. The Hall–Kier alpha value is -1.63. The van der Waals surface area contributed by atoms with Gasteiger partial charge in [-0.25, -0.2) is 0 Å². The maximum Gasteiger partial charge on any atom is 0.257 e. The second-order valence-corrected chi connectivity index (χ2v) is 7.59. The number of carbonyl (C=O) groups is 1. The lowest BCUT2D eigenvalue weighted by Gasteiger charge is -2.46. The largest absolute Gasteiger partial charge is 0.507 e. The Morgan fingerprint density at radius 1 is 1.15 bits per heavy atom. The van der Waals surface area contributed by atoms with Gasteiger partial charge in [-0.15, -0.1) is 0 Å². The number of nitrogens with zero attached hydrogens (tertiary/aromatic N) is 3. The Kier molecular flexibility index (Phi) is 6.51. The van der Waals surface area contributed by atoms with E-state index in [1.165, 1.54) is 0 Å². The van der Waals surface area contributed by atoms with Gasteiger partial charge in [0.05, 0.1) is 5.56 Å². The van der Waals surface area contributed by atoms with Crippen molar-refractivity contribution in [3.8, 4) is 5.75 Å². The number of benzene rings is 1. The molecule has 1 aromatic rings. The van der Waals surface area contributed by atoms with Crippen LogP contribution in [0.15, 0.2) is 24.3 Å². The number of amides is 1. The van der Waals surface area contributed by atoms with E-state index in [2.05, 4.69) is 16.8 Å². The predicted octanol–water partition coefficient (Wildman–Crippen LogP) is 1.24. The number of likely N-dealkylation sites (N-methyl/N-ethyl adjacent to an activating group) is 1. The molecule has 6 heteroatoms. The van der Waals surface area contributed by atoms with Gasteiger partial charge >= 0.3 is 0 Å². The molecule has 2 saturated heterocycles. The zero-order valence-electron chi connectivity index (χ0n) is 15.7. The Balaban J connectivity index is 1.69. The molecule has 2 aliphatic heterocycles. The minimum Gasteiger partial charge on any atom is -0.507 e. The minimum absolute atomic E-state index is 0.0469. The SMILES string of the molecule is CN1CCN([C@H]2CCN(C(=O)c3ccccc3O)C[C@H]2CCCO)CC1. The lowest BCUT2D eigenvalue weighted by atomic mass is 9.86. The highest BCUT2D eigenvalue weighted by Crippen LogP contribution is 2.29. The fourth-order valence-corrected chi connectivity index (χ4v) is 4.30. The number of aromatic hydroxyl groups is 1. The molecule has 6 nitrogen and oxygen atoms in total. The fraction of sp³-hybridized carbons (Fsp3) is 0.650. The van der Waals surface area contributed by atoms with E-state index < -0.39 is 0 Å². The van der Waals surface area contributed by atoms with Gasteiger partial charge in [-0.2, -0.15) is 0 Å². The molecule has 0 radical (unpaired) electrons. The van der Waals surface area contributed by atoms with Crippen molar-refractivity contribution >= 4 is 5.91 Å². The van der Waals surface area contributed by atoms with E-state index in [0.29, 0.717) is 24.1 Å². The fourth-order valence-electron chi connectivity index (χ4n) is 4.30. The highest BCUT2D eigenvalue weighted by molar-refractivity contribution is 5.96. The summed E-state index contributed by atoms with van der Waals surface area (Å²) in [6.45, 7) is 5.94. The summed E-state index contributed by atoms with van der Waals surface area (Å²) in [4.78, 5) is 19.7. The Morgan fingerprint density at radius 2 is 1.88 bits per heavy atom. The molecule has 2 fully saturated rings. The molecule has 144 valence electrons. The van der Waals surface area contributed by atoms with Gasteiger partial charge in [0.1, 0.15) is 5.75 Å². The molecular formula is C20H31N3O3. The molecule has 0 unspecified atom stereocenters. The first-order valence-electron chi connectivity index (χ1n) is 9.71. The molecule has 2 aliphatic rings. The van der Waals surface area contributed by atoms with Crippen molar-refractivity contribution in [3.05, 3.63) is 29.8 Å². The molecule has 0 aromatic heterocycles. The summed E-state index contributed by atoms with van der Waals surface area (Å²) >= 11 is 0. The first-order chi connectivity index (χ1) is 12.6. The summed E-state index contributed by atoms with van der Waals surface area (Å²) in [5.41, 5.74) is 0.381. The van der Waals surface area contributed by atoms with Gasteiger partial charge < -0.3 is 20.0 Å². The van der Waals surface area contributed by atoms with Crippen LogP contribution in [0.4, 0.5) is 0 Å². The molecule has 3 rings (SSSR count). The van der Waals surface area contributed by atoms with Gasteiger partial charge in [0.15, 0.2) is 0 Å². The van der Waals surface area contributed by atoms with Gasteiger partial charge in [-0.3, -0.25) is 9.69 Å². The number of para-hydroxylation sites is 1. The second kappa shape index (κ2) is 8.84. The lowest BCUT2D eigenvalue weighted by molar-refractivity contribution is 0.0217. The predicted molar refractivity (Wildman–Crippen MR) is 101 cm³/mol. The molecule has 2 heterocycles. The van der Waals surface area contributed by atoms with Crippen LogP contribution in [0.2, 0.25) is 0 Å². The molecule has 0 aliphatic carbocycles. The summed E-state index contributed by atoms with van der Waals surface area (Å²) < 4.78 is 0. The van der Waals surface area contributed by atoms with Crippen LogP contribution in [0.3, 0.4) is 0 Å². The number of hydrogen-bond donors (Lipinski definition) is 2. The van der Waals surface area contributed by atoms with Gasteiger partial charge in [0, 0.05) is 51.9 Å². The van der Waals surface area contributed by atoms with Crippen LogP contribution in [-0.2, 0) is 0 Å². The van der Waals surface area contributed by atoms with Crippen LogP contribution in [0.1, 0.15) is 29.6 Å². The summed E-state index contributed by atoms with van der Waals surface area (Å²) in [5.74, 6) is 0.327. The quantitative estimate of drug-likeness (QED) is 0.826. The van der Waals surface area contributed by atoms with E-state index in [4.69, 9.17) is 0 Å².